The highest BCUT2D eigenvalue weighted by atomic mass is 32.2. The van der Waals surface area contributed by atoms with Crippen molar-refractivity contribution in [2.24, 2.45) is 0 Å². The Morgan fingerprint density at radius 2 is 1.69 bits per heavy atom. The fourth-order valence-electron chi connectivity index (χ4n) is 2.19. The summed E-state index contributed by atoms with van der Waals surface area (Å²) in [5, 5.41) is 11.5. The quantitative estimate of drug-likeness (QED) is 0.655. The Morgan fingerprint density at radius 3 is 2.27 bits per heavy atom. The highest BCUT2D eigenvalue weighted by Gasteiger charge is 2.10. The highest BCUT2D eigenvalue weighted by molar-refractivity contribution is 8.00. The molecule has 0 saturated carbocycles. The van der Waals surface area contributed by atoms with E-state index in [1.165, 1.54) is 11.8 Å². The number of hydrogen-bond acceptors (Lipinski definition) is 5. The van der Waals surface area contributed by atoms with Crippen LogP contribution in [0.4, 0.5) is 0 Å². The first kappa shape index (κ1) is 19.7. The smallest absolute Gasteiger partial charge is 0.341 e. The van der Waals surface area contributed by atoms with Gasteiger partial charge in [-0.15, -0.1) is 11.8 Å². The number of hydrogen-bond donors (Lipinski definition) is 2. The molecule has 0 fully saturated rings. The molecule has 2 rings (SSSR count). The third-order valence-electron chi connectivity index (χ3n) is 3.55. The van der Waals surface area contributed by atoms with Crippen molar-refractivity contribution < 1.29 is 24.2 Å². The van der Waals surface area contributed by atoms with Crippen molar-refractivity contribution in [3.8, 4) is 11.5 Å². The van der Waals surface area contributed by atoms with Crippen molar-refractivity contribution in [3.05, 3.63) is 54.1 Å². The number of ether oxygens (including phenoxy) is 2. The fraction of sp³-hybridized carbons (Fsp3) is 0.263. The van der Waals surface area contributed by atoms with Gasteiger partial charge in [0, 0.05) is 4.90 Å². The molecule has 2 N–H and O–H groups in total. The maximum absolute atomic E-state index is 12.1. The topological polar surface area (TPSA) is 84.9 Å². The van der Waals surface area contributed by atoms with Gasteiger partial charge in [-0.25, -0.2) is 4.79 Å². The summed E-state index contributed by atoms with van der Waals surface area (Å²) < 4.78 is 10.2. The first-order valence-corrected chi connectivity index (χ1v) is 8.97. The van der Waals surface area contributed by atoms with E-state index in [9.17, 15) is 9.59 Å². The van der Waals surface area contributed by atoms with Crippen LogP contribution in [0.1, 0.15) is 18.5 Å². The van der Waals surface area contributed by atoms with E-state index in [4.69, 9.17) is 14.6 Å². The van der Waals surface area contributed by atoms with Crippen molar-refractivity contribution in [2.45, 2.75) is 17.9 Å². The monoisotopic (exact) mass is 375 g/mol. The molecule has 0 spiro atoms. The molecule has 1 amide bonds. The Bertz CT molecular complexity index is 731. The average molecular weight is 375 g/mol. The van der Waals surface area contributed by atoms with Crippen LogP contribution in [-0.4, -0.2) is 36.5 Å². The average Bonchev–Trinajstić information content (AvgIpc) is 2.65. The molecule has 0 saturated heterocycles. The van der Waals surface area contributed by atoms with Crippen LogP contribution in [0.5, 0.6) is 11.5 Å². The van der Waals surface area contributed by atoms with Crippen LogP contribution < -0.4 is 14.8 Å². The molecule has 7 heteroatoms. The van der Waals surface area contributed by atoms with Gasteiger partial charge in [0.1, 0.15) is 11.5 Å². The molecule has 0 heterocycles. The van der Waals surface area contributed by atoms with Crippen molar-refractivity contribution >= 4 is 23.6 Å². The largest absolute Gasteiger partial charge is 0.497 e. The zero-order valence-electron chi connectivity index (χ0n) is 14.6. The maximum Gasteiger partial charge on any atom is 0.341 e. The Balaban J connectivity index is 1.81. The first-order chi connectivity index (χ1) is 12.5. The number of carboxylic acids is 1. The van der Waals surface area contributed by atoms with Crippen molar-refractivity contribution in [2.75, 3.05) is 19.5 Å². The van der Waals surface area contributed by atoms with E-state index in [-0.39, 0.29) is 18.6 Å². The predicted molar refractivity (Wildman–Crippen MR) is 99.8 cm³/mol. The van der Waals surface area contributed by atoms with Crippen molar-refractivity contribution in [3.63, 3.8) is 0 Å². The summed E-state index contributed by atoms with van der Waals surface area (Å²) in [6.07, 6.45) is 0. The Morgan fingerprint density at radius 1 is 1.08 bits per heavy atom. The summed E-state index contributed by atoms with van der Waals surface area (Å²) in [6.45, 7) is 1.51. The molecule has 138 valence electrons. The zero-order valence-corrected chi connectivity index (χ0v) is 15.4. The number of aliphatic carboxylic acids is 1. The van der Waals surface area contributed by atoms with Crippen LogP contribution in [-0.2, 0) is 9.59 Å². The fourth-order valence-corrected chi connectivity index (χ4v) is 2.89. The van der Waals surface area contributed by atoms with Crippen LogP contribution in [0.15, 0.2) is 53.4 Å². The molecule has 2 aromatic rings. The predicted octanol–water partition coefficient (Wildman–Crippen LogP) is 3.13. The van der Waals surface area contributed by atoms with Crippen LogP contribution in [0, 0.1) is 0 Å². The number of benzene rings is 2. The molecule has 0 aliphatic carbocycles. The maximum atomic E-state index is 12.1. The molecule has 2 aromatic carbocycles. The van der Waals surface area contributed by atoms with Gasteiger partial charge in [0.15, 0.2) is 6.61 Å². The lowest BCUT2D eigenvalue weighted by Crippen LogP contribution is -2.28. The standard InChI is InChI=1S/C19H21NO5S/c1-13(14-3-5-16(6-4-14)25-11-19(22)23)20-18(21)12-26-17-9-7-15(24-2)8-10-17/h3-10,13H,11-12H2,1-2H3,(H,20,21)(H,22,23). The second-order valence-corrected chi connectivity index (χ2v) is 6.55. The highest BCUT2D eigenvalue weighted by Crippen LogP contribution is 2.22. The first-order valence-electron chi connectivity index (χ1n) is 7.98. The number of amides is 1. The minimum atomic E-state index is -1.02. The van der Waals surface area contributed by atoms with E-state index < -0.39 is 5.97 Å². The summed E-state index contributed by atoms with van der Waals surface area (Å²) in [6, 6.07) is 14.4. The molecule has 0 aliphatic rings. The number of carbonyl (C=O) groups excluding carboxylic acids is 1. The van der Waals surface area contributed by atoms with Gasteiger partial charge in [-0.1, -0.05) is 12.1 Å². The third kappa shape index (κ3) is 6.33. The Hall–Kier alpha value is -2.67. The molecule has 1 atom stereocenters. The minimum absolute atomic E-state index is 0.0653. The van der Waals surface area contributed by atoms with Gasteiger partial charge in [-0.2, -0.15) is 0 Å². The summed E-state index contributed by atoms with van der Waals surface area (Å²) in [5.74, 6) is 0.484. The second-order valence-electron chi connectivity index (χ2n) is 5.50. The van der Waals surface area contributed by atoms with E-state index in [1.807, 2.05) is 31.2 Å². The van der Waals surface area contributed by atoms with Gasteiger partial charge in [0.2, 0.25) is 5.91 Å². The Kier molecular flexibility index (Phi) is 7.35. The van der Waals surface area contributed by atoms with E-state index >= 15 is 0 Å². The third-order valence-corrected chi connectivity index (χ3v) is 4.56. The van der Waals surface area contributed by atoms with Crippen LogP contribution in [0.3, 0.4) is 0 Å². The van der Waals surface area contributed by atoms with E-state index in [0.717, 1.165) is 16.2 Å². The van der Waals surface area contributed by atoms with Gasteiger partial charge in [-0.05, 0) is 48.9 Å². The lowest BCUT2D eigenvalue weighted by molar-refractivity contribution is -0.139. The van der Waals surface area contributed by atoms with Gasteiger partial charge in [0.25, 0.3) is 0 Å². The minimum Gasteiger partial charge on any atom is -0.497 e. The molecule has 26 heavy (non-hydrogen) atoms. The number of thioether (sulfide) groups is 1. The number of rotatable bonds is 9. The van der Waals surface area contributed by atoms with Crippen LogP contribution in [0.25, 0.3) is 0 Å². The van der Waals surface area contributed by atoms with E-state index in [2.05, 4.69) is 5.32 Å². The number of nitrogens with one attached hydrogen (secondary N) is 1. The molecule has 1 unspecified atom stereocenters. The van der Waals surface area contributed by atoms with Crippen molar-refractivity contribution in [1.82, 2.24) is 5.32 Å². The normalized spacial score (nSPS) is 11.5. The van der Waals surface area contributed by atoms with Gasteiger partial charge < -0.3 is 19.9 Å². The van der Waals surface area contributed by atoms with Gasteiger partial charge in [0.05, 0.1) is 18.9 Å². The zero-order chi connectivity index (χ0) is 18.9. The summed E-state index contributed by atoms with van der Waals surface area (Å²) in [5.41, 5.74) is 0.912. The number of carboxylic acid groups (broad SMARTS) is 1. The Labute approximate surface area is 156 Å². The lowest BCUT2D eigenvalue weighted by Gasteiger charge is -2.15. The number of carbonyl (C=O) groups is 2. The number of methoxy groups -OCH3 is 1. The molecular weight excluding hydrogens is 354 g/mol. The van der Waals surface area contributed by atoms with Gasteiger partial charge >= 0.3 is 5.97 Å². The van der Waals surface area contributed by atoms with E-state index in [0.29, 0.717) is 11.5 Å². The summed E-state index contributed by atoms with van der Waals surface area (Å²) >= 11 is 1.45. The van der Waals surface area contributed by atoms with Gasteiger partial charge in [-0.3, -0.25) is 4.79 Å². The molecule has 0 radical (unpaired) electrons. The lowest BCUT2D eigenvalue weighted by atomic mass is 10.1. The molecule has 0 bridgehead atoms. The SMILES string of the molecule is COc1ccc(SCC(=O)NC(C)c2ccc(OCC(=O)O)cc2)cc1. The second kappa shape index (κ2) is 9.72. The van der Waals surface area contributed by atoms with Crippen LogP contribution in [0.2, 0.25) is 0 Å². The summed E-state index contributed by atoms with van der Waals surface area (Å²) in [7, 11) is 1.61. The molecule has 0 aromatic heterocycles. The molecule has 6 nitrogen and oxygen atoms in total. The molecular formula is C19H21NO5S. The van der Waals surface area contributed by atoms with Crippen LogP contribution >= 0.6 is 11.8 Å². The van der Waals surface area contributed by atoms with Crippen molar-refractivity contribution in [1.29, 1.82) is 0 Å². The van der Waals surface area contributed by atoms with E-state index in [1.54, 1.807) is 31.4 Å². The molecule has 0 aliphatic heterocycles. The summed E-state index contributed by atoms with van der Waals surface area (Å²) in [4.78, 5) is 23.6.